The van der Waals surface area contributed by atoms with Crippen LogP contribution in [0.25, 0.3) is 27.3 Å². The fourth-order valence-electron chi connectivity index (χ4n) is 3.21. The van der Waals surface area contributed by atoms with Crippen LogP contribution in [0.5, 0.6) is 0 Å². The lowest BCUT2D eigenvalue weighted by Crippen LogP contribution is -1.99. The number of pyridine rings is 1. The van der Waals surface area contributed by atoms with Crippen molar-refractivity contribution in [2.45, 2.75) is 33.1 Å². The summed E-state index contributed by atoms with van der Waals surface area (Å²) >= 11 is 0. The fraction of sp³-hybridized carbons (Fsp3) is 0.263. The zero-order valence-corrected chi connectivity index (χ0v) is 13.2. The van der Waals surface area contributed by atoms with Crippen molar-refractivity contribution in [1.29, 1.82) is 0 Å². The van der Waals surface area contributed by atoms with Gasteiger partial charge in [0.25, 0.3) is 0 Å². The molecule has 0 atom stereocenters. The van der Waals surface area contributed by atoms with Crippen molar-refractivity contribution in [2.24, 2.45) is 0 Å². The fourth-order valence-corrected chi connectivity index (χ4v) is 3.21. The first-order valence-corrected chi connectivity index (χ1v) is 7.89. The van der Waals surface area contributed by atoms with Gasteiger partial charge in [-0.05, 0) is 29.5 Å². The highest BCUT2D eigenvalue weighted by atomic mass is 15.3. The van der Waals surface area contributed by atoms with E-state index in [9.17, 15) is 0 Å². The van der Waals surface area contributed by atoms with Crippen LogP contribution in [-0.2, 0) is 6.42 Å². The van der Waals surface area contributed by atoms with E-state index in [0.717, 1.165) is 17.9 Å². The molecule has 0 fully saturated rings. The zero-order valence-electron chi connectivity index (χ0n) is 13.2. The summed E-state index contributed by atoms with van der Waals surface area (Å²) in [5, 5.41) is 12.6. The second-order valence-corrected chi connectivity index (χ2v) is 6.12. The van der Waals surface area contributed by atoms with Gasteiger partial charge < -0.3 is 0 Å². The third-order valence-corrected chi connectivity index (χ3v) is 4.37. The minimum absolute atomic E-state index is 0.338. The second-order valence-electron chi connectivity index (χ2n) is 6.12. The van der Waals surface area contributed by atoms with Gasteiger partial charge in [-0.3, -0.25) is 4.40 Å². The standard InChI is InChI=1S/C19H19N3/c1-4-13-9-10-17-16(11-13)14-7-5-6-8-15(14)19-21-20-18(12(2)3)22(17)19/h5-12H,4H2,1-3H3. The van der Waals surface area contributed by atoms with Gasteiger partial charge in [0.1, 0.15) is 5.82 Å². The summed E-state index contributed by atoms with van der Waals surface area (Å²) < 4.78 is 2.22. The Bertz CT molecular complexity index is 996. The molecular formula is C19H19N3. The average molecular weight is 289 g/mol. The molecule has 0 aliphatic heterocycles. The van der Waals surface area contributed by atoms with Crippen molar-refractivity contribution in [3.63, 3.8) is 0 Å². The second kappa shape index (κ2) is 4.80. The first-order valence-electron chi connectivity index (χ1n) is 7.89. The van der Waals surface area contributed by atoms with E-state index >= 15 is 0 Å². The number of hydrogen-bond donors (Lipinski definition) is 0. The van der Waals surface area contributed by atoms with E-state index in [1.54, 1.807) is 0 Å². The Kier molecular flexibility index (Phi) is 2.89. The molecule has 3 heteroatoms. The van der Waals surface area contributed by atoms with Crippen LogP contribution in [-0.4, -0.2) is 14.6 Å². The van der Waals surface area contributed by atoms with Gasteiger partial charge in [-0.15, -0.1) is 10.2 Å². The molecule has 0 saturated carbocycles. The number of fused-ring (bicyclic) bond motifs is 6. The lowest BCUT2D eigenvalue weighted by molar-refractivity contribution is 0.766. The van der Waals surface area contributed by atoms with Gasteiger partial charge in [0, 0.05) is 16.7 Å². The Morgan fingerprint density at radius 3 is 2.45 bits per heavy atom. The first kappa shape index (κ1) is 13.3. The third-order valence-electron chi connectivity index (χ3n) is 4.37. The molecule has 0 amide bonds. The molecule has 0 unspecified atom stereocenters. The Labute approximate surface area is 129 Å². The summed E-state index contributed by atoms with van der Waals surface area (Å²) in [6, 6.07) is 15.2. The molecule has 2 aromatic carbocycles. The summed E-state index contributed by atoms with van der Waals surface area (Å²) in [6.07, 6.45) is 1.04. The van der Waals surface area contributed by atoms with E-state index in [1.807, 2.05) is 0 Å². The summed E-state index contributed by atoms with van der Waals surface area (Å²) in [5.74, 6) is 1.36. The molecule has 2 heterocycles. The maximum absolute atomic E-state index is 4.47. The van der Waals surface area contributed by atoms with Gasteiger partial charge in [0.05, 0.1) is 5.52 Å². The van der Waals surface area contributed by atoms with Crippen molar-refractivity contribution in [3.8, 4) is 0 Å². The molecule has 2 aromatic heterocycles. The number of aryl methyl sites for hydroxylation is 1. The van der Waals surface area contributed by atoms with Gasteiger partial charge in [0.15, 0.2) is 5.65 Å². The van der Waals surface area contributed by atoms with Crippen molar-refractivity contribution in [3.05, 3.63) is 53.9 Å². The Balaban J connectivity index is 2.31. The Hall–Kier alpha value is -2.42. The molecule has 4 aromatic rings. The van der Waals surface area contributed by atoms with Crippen molar-refractivity contribution >= 4 is 27.3 Å². The minimum atomic E-state index is 0.338. The molecule has 3 nitrogen and oxygen atoms in total. The summed E-state index contributed by atoms with van der Waals surface area (Å²) in [4.78, 5) is 0. The average Bonchev–Trinajstić information content (AvgIpc) is 3.00. The Morgan fingerprint density at radius 1 is 0.955 bits per heavy atom. The lowest BCUT2D eigenvalue weighted by atomic mass is 10.0. The van der Waals surface area contributed by atoms with Gasteiger partial charge >= 0.3 is 0 Å². The van der Waals surface area contributed by atoms with E-state index in [0.29, 0.717) is 5.92 Å². The normalized spacial score (nSPS) is 12.0. The topological polar surface area (TPSA) is 30.2 Å². The van der Waals surface area contributed by atoms with E-state index in [-0.39, 0.29) is 0 Å². The number of nitrogens with zero attached hydrogens (tertiary/aromatic N) is 3. The number of aromatic nitrogens is 3. The number of rotatable bonds is 2. The quantitative estimate of drug-likeness (QED) is 0.500. The van der Waals surface area contributed by atoms with Crippen LogP contribution >= 0.6 is 0 Å². The van der Waals surface area contributed by atoms with E-state index < -0.39 is 0 Å². The SMILES string of the molecule is CCc1ccc2c(c1)c1ccccc1c1nnc(C(C)C)n21. The monoisotopic (exact) mass is 289 g/mol. The third kappa shape index (κ3) is 1.75. The van der Waals surface area contributed by atoms with Crippen molar-refractivity contribution in [2.75, 3.05) is 0 Å². The Morgan fingerprint density at radius 2 is 1.73 bits per heavy atom. The van der Waals surface area contributed by atoms with Crippen LogP contribution in [0.3, 0.4) is 0 Å². The summed E-state index contributed by atoms with van der Waals surface area (Å²) in [7, 11) is 0. The molecular weight excluding hydrogens is 270 g/mol. The van der Waals surface area contributed by atoms with Gasteiger partial charge in [-0.25, -0.2) is 0 Å². The molecule has 0 aliphatic rings. The van der Waals surface area contributed by atoms with Gasteiger partial charge in [-0.1, -0.05) is 51.1 Å². The zero-order chi connectivity index (χ0) is 15.3. The minimum Gasteiger partial charge on any atom is -0.278 e. The predicted molar refractivity (Wildman–Crippen MR) is 91.5 cm³/mol. The highest BCUT2D eigenvalue weighted by Gasteiger charge is 2.16. The van der Waals surface area contributed by atoms with Crippen LogP contribution < -0.4 is 0 Å². The van der Waals surface area contributed by atoms with Crippen LogP contribution in [0.15, 0.2) is 42.5 Å². The van der Waals surface area contributed by atoms with Crippen LogP contribution in [0.2, 0.25) is 0 Å². The maximum Gasteiger partial charge on any atom is 0.169 e. The van der Waals surface area contributed by atoms with Crippen LogP contribution in [0.4, 0.5) is 0 Å². The summed E-state index contributed by atoms with van der Waals surface area (Å²) in [5.41, 5.74) is 3.51. The van der Waals surface area contributed by atoms with Crippen LogP contribution in [0.1, 0.15) is 38.1 Å². The molecule has 110 valence electrons. The predicted octanol–water partition coefficient (Wildman–Crippen LogP) is 4.72. The van der Waals surface area contributed by atoms with Crippen molar-refractivity contribution in [1.82, 2.24) is 14.6 Å². The number of hydrogen-bond acceptors (Lipinski definition) is 2. The van der Waals surface area contributed by atoms with Gasteiger partial charge in [0.2, 0.25) is 0 Å². The molecule has 0 spiro atoms. The van der Waals surface area contributed by atoms with E-state index in [2.05, 4.69) is 77.8 Å². The molecule has 0 bridgehead atoms. The largest absolute Gasteiger partial charge is 0.278 e. The summed E-state index contributed by atoms with van der Waals surface area (Å²) in [6.45, 7) is 6.52. The smallest absolute Gasteiger partial charge is 0.169 e. The molecule has 4 rings (SSSR count). The van der Waals surface area contributed by atoms with E-state index in [1.165, 1.54) is 27.2 Å². The van der Waals surface area contributed by atoms with Crippen molar-refractivity contribution < 1.29 is 0 Å². The molecule has 0 N–H and O–H groups in total. The van der Waals surface area contributed by atoms with E-state index in [4.69, 9.17) is 0 Å². The molecule has 0 saturated heterocycles. The molecule has 0 radical (unpaired) electrons. The molecule has 0 aliphatic carbocycles. The van der Waals surface area contributed by atoms with Crippen LogP contribution in [0, 0.1) is 0 Å². The molecule has 22 heavy (non-hydrogen) atoms. The lowest BCUT2D eigenvalue weighted by Gasteiger charge is -2.11. The highest BCUT2D eigenvalue weighted by Crippen LogP contribution is 2.31. The first-order chi connectivity index (χ1) is 10.7. The highest BCUT2D eigenvalue weighted by molar-refractivity contribution is 6.11. The maximum atomic E-state index is 4.47. The number of benzene rings is 2. The van der Waals surface area contributed by atoms with Gasteiger partial charge in [-0.2, -0.15) is 0 Å².